The van der Waals surface area contributed by atoms with Crippen LogP contribution in [0.15, 0.2) is 23.1 Å². The van der Waals surface area contributed by atoms with E-state index in [2.05, 4.69) is 24.9 Å². The van der Waals surface area contributed by atoms with Crippen LogP contribution in [0.5, 0.6) is 5.75 Å². The Labute approximate surface area is 173 Å². The lowest BCUT2D eigenvalue weighted by Gasteiger charge is -2.08. The number of phenolic OH excluding ortho intramolecular Hbond substituents is 1. The second-order valence-electron chi connectivity index (χ2n) is 7.93. The van der Waals surface area contributed by atoms with E-state index in [1.165, 1.54) is 103 Å². The molecule has 1 rings (SSSR count). The fraction of sp³-hybridized carbons (Fsp3) is 0.750. The number of nitrogens with one attached hydrogen (secondary N) is 1. The molecule has 1 aromatic rings. The van der Waals surface area contributed by atoms with Crippen molar-refractivity contribution in [2.75, 3.05) is 11.9 Å². The summed E-state index contributed by atoms with van der Waals surface area (Å²) in [5.41, 5.74) is 0.978. The fourth-order valence-corrected chi connectivity index (χ4v) is 3.68. The smallest absolute Gasteiger partial charge is 0.130 e. The van der Waals surface area contributed by atoms with Gasteiger partial charge in [-0.05, 0) is 18.6 Å². The number of anilines is 1. The number of hydrogen-bond acceptors (Lipinski definition) is 3. The first kappa shape index (κ1) is 24.2. The standard InChI is InChI=1S/C24H43NOS/c1-2-3-4-5-6-7-8-9-10-11-12-13-14-15-16-17-20-25-22-18-19-24(27)23(26)21-22/h18-19,21,25-27H,2-17,20H2,1H3. The van der Waals surface area contributed by atoms with E-state index in [-0.39, 0.29) is 5.75 Å². The molecule has 0 heterocycles. The van der Waals surface area contributed by atoms with Crippen molar-refractivity contribution in [3.63, 3.8) is 0 Å². The van der Waals surface area contributed by atoms with Crippen LogP contribution in [0.25, 0.3) is 0 Å². The summed E-state index contributed by atoms with van der Waals surface area (Å²) in [7, 11) is 0. The molecule has 0 saturated heterocycles. The van der Waals surface area contributed by atoms with Crippen LogP contribution in [0.4, 0.5) is 5.69 Å². The lowest BCUT2D eigenvalue weighted by Crippen LogP contribution is -2.01. The molecular formula is C24H43NOS. The SMILES string of the molecule is CCCCCCCCCCCCCCCCCCNc1ccc(S)c(O)c1. The summed E-state index contributed by atoms with van der Waals surface area (Å²) < 4.78 is 0. The predicted octanol–water partition coefficient (Wildman–Crippen LogP) is 8.35. The lowest BCUT2D eigenvalue weighted by molar-refractivity contribution is 0.463. The first-order valence-electron chi connectivity index (χ1n) is 11.5. The average Bonchev–Trinajstić information content (AvgIpc) is 2.67. The van der Waals surface area contributed by atoms with Gasteiger partial charge in [-0.2, -0.15) is 0 Å². The number of rotatable bonds is 18. The van der Waals surface area contributed by atoms with Gasteiger partial charge >= 0.3 is 0 Å². The average molecular weight is 394 g/mol. The number of aromatic hydroxyl groups is 1. The number of unbranched alkanes of at least 4 members (excludes halogenated alkanes) is 15. The van der Waals surface area contributed by atoms with Crippen molar-refractivity contribution < 1.29 is 5.11 Å². The first-order chi connectivity index (χ1) is 13.2. The largest absolute Gasteiger partial charge is 0.507 e. The summed E-state index contributed by atoms with van der Waals surface area (Å²) in [4.78, 5) is 0.628. The Morgan fingerprint density at radius 3 is 1.59 bits per heavy atom. The molecular weight excluding hydrogens is 350 g/mol. The predicted molar refractivity (Wildman–Crippen MR) is 123 cm³/mol. The quantitative estimate of drug-likeness (QED) is 0.173. The molecule has 0 radical (unpaired) electrons. The summed E-state index contributed by atoms with van der Waals surface area (Å²) in [6.07, 6.45) is 22.4. The normalized spacial score (nSPS) is 11.0. The summed E-state index contributed by atoms with van der Waals surface area (Å²) in [5.74, 6) is 0.246. The maximum atomic E-state index is 9.63. The van der Waals surface area contributed by atoms with Crippen LogP contribution < -0.4 is 5.32 Å². The Hall–Kier alpha value is -0.830. The Morgan fingerprint density at radius 1 is 0.704 bits per heavy atom. The summed E-state index contributed by atoms with van der Waals surface area (Å²) in [6, 6.07) is 5.54. The van der Waals surface area contributed by atoms with E-state index >= 15 is 0 Å². The van der Waals surface area contributed by atoms with Gasteiger partial charge in [-0.3, -0.25) is 0 Å². The number of hydrogen-bond donors (Lipinski definition) is 3. The lowest BCUT2D eigenvalue weighted by atomic mass is 10.0. The first-order valence-corrected chi connectivity index (χ1v) is 11.9. The minimum absolute atomic E-state index is 0.246. The van der Waals surface area contributed by atoms with Crippen molar-refractivity contribution in [3.8, 4) is 5.75 Å². The van der Waals surface area contributed by atoms with Crippen LogP contribution in [0.3, 0.4) is 0 Å². The van der Waals surface area contributed by atoms with Gasteiger partial charge in [-0.1, -0.05) is 103 Å². The van der Waals surface area contributed by atoms with Gasteiger partial charge in [0.15, 0.2) is 0 Å². The summed E-state index contributed by atoms with van der Waals surface area (Å²) >= 11 is 4.17. The molecule has 0 bridgehead atoms. The molecule has 0 unspecified atom stereocenters. The van der Waals surface area contributed by atoms with Crippen LogP contribution >= 0.6 is 12.6 Å². The van der Waals surface area contributed by atoms with Gasteiger partial charge in [0.05, 0.1) is 0 Å². The molecule has 0 aliphatic rings. The van der Waals surface area contributed by atoms with Gasteiger partial charge in [0.2, 0.25) is 0 Å². The fourth-order valence-electron chi connectivity index (χ4n) is 3.54. The molecule has 0 aliphatic carbocycles. The molecule has 2 N–H and O–H groups in total. The van der Waals surface area contributed by atoms with Crippen LogP contribution in [-0.4, -0.2) is 11.7 Å². The third-order valence-corrected chi connectivity index (χ3v) is 5.71. The van der Waals surface area contributed by atoms with E-state index in [1.807, 2.05) is 12.1 Å². The van der Waals surface area contributed by atoms with Crippen molar-refractivity contribution in [3.05, 3.63) is 18.2 Å². The van der Waals surface area contributed by atoms with Crippen LogP contribution in [0.2, 0.25) is 0 Å². The van der Waals surface area contributed by atoms with Gasteiger partial charge in [0.1, 0.15) is 5.75 Å². The maximum absolute atomic E-state index is 9.63. The second kappa shape index (κ2) is 17.3. The molecule has 0 fully saturated rings. The third kappa shape index (κ3) is 13.9. The highest BCUT2D eigenvalue weighted by atomic mass is 32.1. The third-order valence-electron chi connectivity index (χ3n) is 5.33. The number of benzene rings is 1. The Balaban J connectivity index is 1.77. The van der Waals surface area contributed by atoms with E-state index in [1.54, 1.807) is 6.07 Å². The van der Waals surface area contributed by atoms with Gasteiger partial charge in [-0.25, -0.2) is 0 Å². The topological polar surface area (TPSA) is 32.3 Å². The molecule has 1 aromatic carbocycles. The molecule has 0 spiro atoms. The van der Waals surface area contributed by atoms with E-state index < -0.39 is 0 Å². The number of thiol groups is 1. The van der Waals surface area contributed by atoms with Gasteiger partial charge in [-0.15, -0.1) is 12.6 Å². The van der Waals surface area contributed by atoms with Crippen molar-refractivity contribution in [1.82, 2.24) is 0 Å². The van der Waals surface area contributed by atoms with E-state index in [0.29, 0.717) is 4.90 Å². The zero-order valence-corrected chi connectivity index (χ0v) is 18.5. The molecule has 0 atom stereocenters. The van der Waals surface area contributed by atoms with Crippen LogP contribution in [0.1, 0.15) is 110 Å². The monoisotopic (exact) mass is 393 g/mol. The van der Waals surface area contributed by atoms with Gasteiger partial charge in [0.25, 0.3) is 0 Å². The zero-order valence-electron chi connectivity index (χ0n) is 17.6. The summed E-state index contributed by atoms with van der Waals surface area (Å²) in [6.45, 7) is 3.26. The maximum Gasteiger partial charge on any atom is 0.130 e. The van der Waals surface area contributed by atoms with Crippen molar-refractivity contribution >= 4 is 18.3 Å². The van der Waals surface area contributed by atoms with Crippen LogP contribution in [0, 0.1) is 0 Å². The second-order valence-corrected chi connectivity index (χ2v) is 8.42. The summed E-state index contributed by atoms with van der Waals surface area (Å²) in [5, 5.41) is 13.0. The molecule has 0 amide bonds. The highest BCUT2D eigenvalue weighted by Crippen LogP contribution is 2.24. The van der Waals surface area contributed by atoms with Gasteiger partial charge < -0.3 is 10.4 Å². The molecule has 156 valence electrons. The van der Waals surface area contributed by atoms with Gasteiger partial charge in [0, 0.05) is 23.2 Å². The minimum Gasteiger partial charge on any atom is -0.507 e. The molecule has 3 heteroatoms. The van der Waals surface area contributed by atoms with Crippen molar-refractivity contribution in [2.24, 2.45) is 0 Å². The molecule has 0 aromatic heterocycles. The highest BCUT2D eigenvalue weighted by molar-refractivity contribution is 7.80. The molecule has 0 aliphatic heterocycles. The Bertz CT molecular complexity index is 464. The van der Waals surface area contributed by atoms with E-state index in [0.717, 1.165) is 12.2 Å². The molecule has 0 saturated carbocycles. The molecule has 27 heavy (non-hydrogen) atoms. The highest BCUT2D eigenvalue weighted by Gasteiger charge is 1.98. The van der Waals surface area contributed by atoms with E-state index in [4.69, 9.17) is 0 Å². The zero-order chi connectivity index (χ0) is 19.6. The van der Waals surface area contributed by atoms with Crippen molar-refractivity contribution in [1.29, 1.82) is 0 Å². The molecule has 2 nitrogen and oxygen atoms in total. The van der Waals surface area contributed by atoms with Crippen LogP contribution in [-0.2, 0) is 0 Å². The number of phenols is 1. The van der Waals surface area contributed by atoms with E-state index in [9.17, 15) is 5.11 Å². The Kier molecular flexibility index (Phi) is 15.5. The van der Waals surface area contributed by atoms with Crippen molar-refractivity contribution in [2.45, 2.75) is 115 Å². The minimum atomic E-state index is 0.246. The Morgan fingerprint density at radius 2 is 1.15 bits per heavy atom.